The fraction of sp³-hybridized carbons (Fsp3) is 0.611. The summed E-state index contributed by atoms with van der Waals surface area (Å²) in [5.41, 5.74) is 0.592. The molecule has 0 spiro atoms. The first-order chi connectivity index (χ1) is 12.9. The number of quaternary nitrogens is 2. The quantitative estimate of drug-likeness (QED) is 0.347. The third-order valence-corrected chi connectivity index (χ3v) is 6.25. The number of sulfonamides is 1. The highest BCUT2D eigenvalue weighted by Crippen LogP contribution is 2.14. The van der Waals surface area contributed by atoms with E-state index < -0.39 is 10.0 Å². The van der Waals surface area contributed by atoms with E-state index in [1.807, 2.05) is 19.2 Å². The van der Waals surface area contributed by atoms with Crippen LogP contribution in [0.4, 0.5) is 5.69 Å². The summed E-state index contributed by atoms with van der Waals surface area (Å²) >= 11 is 0. The normalized spacial score (nSPS) is 16.8. The number of amides is 1. The molecular weight excluding hydrogens is 368 g/mol. The number of nitrogens with one attached hydrogen (secondary N) is 3. The van der Waals surface area contributed by atoms with Gasteiger partial charge in [0, 0.05) is 11.7 Å². The van der Waals surface area contributed by atoms with Crippen LogP contribution in [0.1, 0.15) is 20.3 Å². The highest BCUT2D eigenvalue weighted by atomic mass is 32.2. The van der Waals surface area contributed by atoms with Crippen LogP contribution in [-0.2, 0) is 19.6 Å². The predicted octanol–water partition coefficient (Wildman–Crippen LogP) is -1.82. The number of rotatable bonds is 10. The molecule has 5 N–H and O–H groups in total. The van der Waals surface area contributed by atoms with Gasteiger partial charge in [0.1, 0.15) is 26.2 Å². The van der Waals surface area contributed by atoms with Crippen LogP contribution in [0.2, 0.25) is 0 Å². The van der Waals surface area contributed by atoms with Crippen LogP contribution < -0.4 is 20.3 Å². The molecule has 0 aliphatic carbocycles. The van der Waals surface area contributed by atoms with Gasteiger partial charge in [0.2, 0.25) is 10.0 Å². The fourth-order valence-corrected chi connectivity index (χ4v) is 4.12. The van der Waals surface area contributed by atoms with Crippen LogP contribution in [-0.4, -0.2) is 66.3 Å². The molecule has 27 heavy (non-hydrogen) atoms. The minimum atomic E-state index is -3.53. The summed E-state index contributed by atoms with van der Waals surface area (Å²) in [5, 5.41) is 4.79. The molecule has 1 aliphatic heterocycles. The lowest BCUT2D eigenvalue weighted by molar-refractivity contribution is -0.919. The van der Waals surface area contributed by atoms with Gasteiger partial charge < -0.3 is 20.3 Å². The number of ether oxygens (including phenoxy) is 1. The lowest BCUT2D eigenvalue weighted by Crippen LogP contribution is -3.16. The summed E-state index contributed by atoms with van der Waals surface area (Å²) in [6, 6.07) is 6.11. The molecule has 1 amide bonds. The van der Waals surface area contributed by atoms with Crippen molar-refractivity contribution in [3.63, 3.8) is 0 Å². The smallest absolute Gasteiger partial charge is 0.279 e. The summed E-state index contributed by atoms with van der Waals surface area (Å²) in [5.74, 6) is -0.0969. The molecule has 8 nitrogen and oxygen atoms in total. The molecule has 2 rings (SSSR count). The van der Waals surface area contributed by atoms with E-state index in [2.05, 4.69) is 10.0 Å². The van der Waals surface area contributed by atoms with Crippen LogP contribution in [0.15, 0.2) is 29.2 Å². The van der Waals surface area contributed by atoms with Crippen LogP contribution in [0.3, 0.4) is 0 Å². The Morgan fingerprint density at radius 1 is 1.26 bits per heavy atom. The zero-order valence-electron chi connectivity index (χ0n) is 16.2. The molecule has 152 valence electrons. The van der Waals surface area contributed by atoms with E-state index in [1.54, 1.807) is 12.1 Å². The average Bonchev–Trinajstić information content (AvgIpc) is 2.66. The maximum absolute atomic E-state index is 12.2. The maximum atomic E-state index is 12.2. The molecule has 0 saturated carbocycles. The summed E-state index contributed by atoms with van der Waals surface area (Å²) in [4.78, 5) is 13.7. The number of carbonyl (C=O) groups excluding carboxylic acids is 1. The largest absolute Gasteiger partial charge is 0.370 e. The Labute approximate surface area is 161 Å². The SMILES string of the molecule is CC[C@H](C)NS(=O)(=O)c1ccc(NC(=O)C[NH2+]CC[NH+]2CCOCC2)cc1. The van der Waals surface area contributed by atoms with E-state index in [0.29, 0.717) is 12.2 Å². The van der Waals surface area contributed by atoms with Crippen LogP contribution in [0.25, 0.3) is 0 Å². The number of nitrogens with two attached hydrogens (primary N) is 1. The highest BCUT2D eigenvalue weighted by molar-refractivity contribution is 7.89. The molecule has 1 atom stereocenters. The van der Waals surface area contributed by atoms with E-state index in [1.165, 1.54) is 17.0 Å². The Hall–Kier alpha value is -1.52. The molecule has 9 heteroatoms. The van der Waals surface area contributed by atoms with Crippen LogP contribution in [0, 0.1) is 0 Å². The van der Waals surface area contributed by atoms with Gasteiger partial charge in [0.25, 0.3) is 5.91 Å². The van der Waals surface area contributed by atoms with Crippen molar-refractivity contribution in [3.05, 3.63) is 24.3 Å². The van der Waals surface area contributed by atoms with E-state index in [0.717, 1.165) is 45.8 Å². The zero-order chi connectivity index (χ0) is 19.7. The van der Waals surface area contributed by atoms with Crippen LogP contribution >= 0.6 is 0 Å². The van der Waals surface area contributed by atoms with Crippen molar-refractivity contribution in [2.24, 2.45) is 0 Å². The van der Waals surface area contributed by atoms with Crippen LogP contribution in [0.5, 0.6) is 0 Å². The van der Waals surface area contributed by atoms with E-state index in [4.69, 9.17) is 4.74 Å². The minimum Gasteiger partial charge on any atom is -0.370 e. The van der Waals surface area contributed by atoms with Crippen molar-refractivity contribution in [2.75, 3.05) is 51.3 Å². The number of carbonyl (C=O) groups is 1. The minimum absolute atomic E-state index is 0.0969. The summed E-state index contributed by atoms with van der Waals surface area (Å²) in [6.45, 7) is 9.69. The standard InChI is InChI=1S/C18H30N4O4S/c1-3-15(2)21-27(24,25)17-6-4-16(5-7-17)20-18(23)14-19-8-9-22-10-12-26-13-11-22/h4-7,15,19,21H,3,8-14H2,1-2H3,(H,20,23)/p+2/t15-/m0/s1. The first-order valence-corrected chi connectivity index (χ1v) is 11.0. The van der Waals surface area contributed by atoms with Gasteiger partial charge in [-0.3, -0.25) is 4.79 Å². The highest BCUT2D eigenvalue weighted by Gasteiger charge is 2.17. The molecule has 1 aliphatic rings. The third kappa shape index (κ3) is 7.55. The molecule has 1 heterocycles. The first-order valence-electron chi connectivity index (χ1n) is 9.56. The Bertz CT molecular complexity index is 688. The van der Waals surface area contributed by atoms with Gasteiger partial charge in [-0.2, -0.15) is 0 Å². The number of morpholine rings is 1. The Balaban J connectivity index is 1.74. The second-order valence-electron chi connectivity index (χ2n) is 6.90. The predicted molar refractivity (Wildman–Crippen MR) is 103 cm³/mol. The summed E-state index contributed by atoms with van der Waals surface area (Å²) < 4.78 is 32.4. The Kier molecular flexibility index (Phi) is 8.65. The van der Waals surface area contributed by atoms with Crippen molar-refractivity contribution in [2.45, 2.75) is 31.2 Å². The molecule has 1 aromatic carbocycles. The van der Waals surface area contributed by atoms with Crippen molar-refractivity contribution in [1.82, 2.24) is 4.72 Å². The topological polar surface area (TPSA) is 106 Å². The second kappa shape index (κ2) is 10.7. The van der Waals surface area contributed by atoms with Gasteiger partial charge in [-0.15, -0.1) is 0 Å². The summed E-state index contributed by atoms with van der Waals surface area (Å²) in [6.07, 6.45) is 0.719. The maximum Gasteiger partial charge on any atom is 0.279 e. The fourth-order valence-electron chi connectivity index (χ4n) is 2.80. The molecule has 1 saturated heterocycles. The first kappa shape index (κ1) is 21.8. The molecule has 0 aromatic heterocycles. The van der Waals surface area contributed by atoms with E-state index in [9.17, 15) is 13.2 Å². The monoisotopic (exact) mass is 400 g/mol. The zero-order valence-corrected chi connectivity index (χ0v) is 17.0. The lowest BCUT2D eigenvalue weighted by atomic mass is 10.3. The Morgan fingerprint density at radius 3 is 2.56 bits per heavy atom. The molecule has 1 aromatic rings. The Morgan fingerprint density at radius 2 is 1.93 bits per heavy atom. The van der Waals surface area contributed by atoms with Gasteiger partial charge in [0.05, 0.1) is 18.1 Å². The summed E-state index contributed by atoms with van der Waals surface area (Å²) in [7, 11) is -3.53. The van der Waals surface area contributed by atoms with Crippen molar-refractivity contribution >= 4 is 21.6 Å². The van der Waals surface area contributed by atoms with Crippen molar-refractivity contribution in [1.29, 1.82) is 0 Å². The van der Waals surface area contributed by atoms with Gasteiger partial charge >= 0.3 is 0 Å². The van der Waals surface area contributed by atoms with Gasteiger partial charge in [-0.25, -0.2) is 13.1 Å². The number of anilines is 1. The van der Waals surface area contributed by atoms with E-state index in [-0.39, 0.29) is 16.8 Å². The molecule has 0 bridgehead atoms. The van der Waals surface area contributed by atoms with Gasteiger partial charge in [-0.1, -0.05) is 6.92 Å². The van der Waals surface area contributed by atoms with Crippen molar-refractivity contribution < 1.29 is 28.2 Å². The molecule has 1 fully saturated rings. The molecule has 0 radical (unpaired) electrons. The van der Waals surface area contributed by atoms with E-state index >= 15 is 0 Å². The third-order valence-electron chi connectivity index (χ3n) is 4.65. The van der Waals surface area contributed by atoms with Gasteiger partial charge in [-0.05, 0) is 37.6 Å². The van der Waals surface area contributed by atoms with Gasteiger partial charge in [0.15, 0.2) is 6.54 Å². The van der Waals surface area contributed by atoms with Crippen molar-refractivity contribution in [3.8, 4) is 0 Å². The second-order valence-corrected chi connectivity index (χ2v) is 8.61. The molecule has 0 unspecified atom stereocenters. The lowest BCUT2D eigenvalue weighted by Gasteiger charge is -2.22. The average molecular weight is 401 g/mol. The number of benzene rings is 1. The number of hydrogen-bond acceptors (Lipinski definition) is 4. The molecular formula is C18H32N4O4S+2. The number of hydrogen-bond donors (Lipinski definition) is 4.